The van der Waals surface area contributed by atoms with Gasteiger partial charge in [0.2, 0.25) is 0 Å². The van der Waals surface area contributed by atoms with Crippen LogP contribution >= 0.6 is 0 Å². The van der Waals surface area contributed by atoms with Crippen molar-refractivity contribution < 1.29 is 0 Å². The van der Waals surface area contributed by atoms with E-state index < -0.39 is 0 Å². The number of rotatable bonds is 5. The van der Waals surface area contributed by atoms with Crippen molar-refractivity contribution in [3.05, 3.63) is 52.8 Å². The lowest BCUT2D eigenvalue weighted by molar-refractivity contribution is 0.642. The molecule has 18 heavy (non-hydrogen) atoms. The van der Waals surface area contributed by atoms with Crippen LogP contribution in [0.4, 0.5) is 0 Å². The Labute approximate surface area is 109 Å². The molecular weight excluding hydrogens is 222 g/mol. The molecule has 1 N–H and O–H groups in total. The molecule has 3 nitrogen and oxygen atoms in total. The van der Waals surface area contributed by atoms with E-state index in [1.165, 1.54) is 22.4 Å². The fraction of sp³-hybridized carbons (Fsp3) is 0.400. The van der Waals surface area contributed by atoms with E-state index in [-0.39, 0.29) is 0 Å². The molecule has 3 heteroatoms. The van der Waals surface area contributed by atoms with E-state index >= 15 is 0 Å². The smallest absolute Gasteiger partial charge is 0.0492 e. The molecule has 2 aromatic rings. The van der Waals surface area contributed by atoms with Gasteiger partial charge in [-0.05, 0) is 31.0 Å². The molecule has 0 aliphatic carbocycles. The van der Waals surface area contributed by atoms with Crippen LogP contribution in [0.5, 0.6) is 0 Å². The second kappa shape index (κ2) is 5.83. The van der Waals surface area contributed by atoms with Crippen LogP contribution in [0, 0.1) is 13.8 Å². The lowest BCUT2D eigenvalue weighted by Crippen LogP contribution is -2.18. The largest absolute Gasteiger partial charge is 0.312 e. The first-order chi connectivity index (χ1) is 8.66. The number of nitrogens with one attached hydrogen (secondary N) is 1. The van der Waals surface area contributed by atoms with Crippen molar-refractivity contribution in [1.82, 2.24) is 15.1 Å². The number of hydrogen-bond acceptors (Lipinski definition) is 2. The molecule has 0 saturated carbocycles. The number of aromatic nitrogens is 2. The summed E-state index contributed by atoms with van der Waals surface area (Å²) in [6, 6.07) is 8.68. The zero-order valence-corrected chi connectivity index (χ0v) is 11.4. The Kier molecular flexibility index (Phi) is 4.15. The van der Waals surface area contributed by atoms with Gasteiger partial charge in [-0.15, -0.1) is 0 Å². The van der Waals surface area contributed by atoms with E-state index in [4.69, 9.17) is 0 Å². The summed E-state index contributed by atoms with van der Waals surface area (Å²) in [6.45, 7) is 6.22. The average molecular weight is 243 g/mol. The van der Waals surface area contributed by atoms with Crippen LogP contribution in [0.25, 0.3) is 0 Å². The van der Waals surface area contributed by atoms with Gasteiger partial charge in [-0.3, -0.25) is 4.68 Å². The lowest BCUT2D eigenvalue weighted by atomic mass is 10.1. The highest BCUT2D eigenvalue weighted by Gasteiger charge is 2.00. The molecule has 0 spiro atoms. The van der Waals surface area contributed by atoms with Gasteiger partial charge in [0.1, 0.15) is 0 Å². The molecule has 1 aromatic heterocycles. The van der Waals surface area contributed by atoms with Crippen LogP contribution < -0.4 is 5.32 Å². The molecule has 1 heterocycles. The number of hydrogen-bond donors (Lipinski definition) is 1. The molecule has 0 aliphatic rings. The molecule has 1 aromatic carbocycles. The van der Waals surface area contributed by atoms with Crippen molar-refractivity contribution in [1.29, 1.82) is 0 Å². The van der Waals surface area contributed by atoms with Gasteiger partial charge in [-0.2, -0.15) is 5.10 Å². The molecule has 96 valence electrons. The second-order valence-electron chi connectivity index (χ2n) is 4.80. The second-order valence-corrected chi connectivity index (χ2v) is 4.80. The third kappa shape index (κ3) is 3.20. The summed E-state index contributed by atoms with van der Waals surface area (Å²) in [6.07, 6.45) is 2.86. The van der Waals surface area contributed by atoms with E-state index in [1.54, 1.807) is 0 Å². The number of nitrogens with zero attached hydrogens (tertiary/aromatic N) is 2. The molecule has 0 radical (unpaired) electrons. The van der Waals surface area contributed by atoms with Crippen molar-refractivity contribution >= 4 is 0 Å². The normalized spacial score (nSPS) is 10.8. The molecule has 0 fully saturated rings. The van der Waals surface area contributed by atoms with Crippen LogP contribution in [0.15, 0.2) is 30.5 Å². The Morgan fingerprint density at radius 3 is 2.72 bits per heavy atom. The van der Waals surface area contributed by atoms with Crippen molar-refractivity contribution in [3.63, 3.8) is 0 Å². The summed E-state index contributed by atoms with van der Waals surface area (Å²) >= 11 is 0. The predicted molar refractivity (Wildman–Crippen MR) is 74.5 cm³/mol. The predicted octanol–water partition coefficient (Wildman–Crippen LogP) is 2.37. The minimum absolute atomic E-state index is 0.934. The fourth-order valence-electron chi connectivity index (χ4n) is 2.13. The minimum atomic E-state index is 0.934. The molecule has 0 saturated heterocycles. The van der Waals surface area contributed by atoms with Gasteiger partial charge < -0.3 is 5.32 Å². The van der Waals surface area contributed by atoms with E-state index in [9.17, 15) is 0 Å². The first-order valence-corrected chi connectivity index (χ1v) is 6.40. The third-order valence-electron chi connectivity index (χ3n) is 3.29. The Hall–Kier alpha value is -1.61. The maximum atomic E-state index is 4.17. The maximum absolute atomic E-state index is 4.17. The van der Waals surface area contributed by atoms with Gasteiger partial charge >= 0.3 is 0 Å². The SMILES string of the molecule is Cc1ccc(CNCCc2ccnn2C)c(C)c1. The van der Waals surface area contributed by atoms with Crippen molar-refractivity contribution in [3.8, 4) is 0 Å². The summed E-state index contributed by atoms with van der Waals surface area (Å²) in [7, 11) is 1.99. The van der Waals surface area contributed by atoms with Gasteiger partial charge in [-0.1, -0.05) is 23.8 Å². The monoisotopic (exact) mass is 243 g/mol. The van der Waals surface area contributed by atoms with E-state index in [1.807, 2.05) is 17.9 Å². The summed E-state index contributed by atoms with van der Waals surface area (Å²) in [5.41, 5.74) is 5.34. The zero-order chi connectivity index (χ0) is 13.0. The summed E-state index contributed by atoms with van der Waals surface area (Å²) < 4.78 is 1.93. The molecule has 0 bridgehead atoms. The van der Waals surface area contributed by atoms with Crippen LogP contribution in [0.2, 0.25) is 0 Å². The molecular formula is C15H21N3. The molecule has 2 rings (SSSR count). The van der Waals surface area contributed by atoms with Gasteiger partial charge in [0.25, 0.3) is 0 Å². The topological polar surface area (TPSA) is 29.9 Å². The zero-order valence-electron chi connectivity index (χ0n) is 11.4. The standard InChI is InChI=1S/C15H21N3/c1-12-4-5-14(13(2)10-12)11-16-8-6-15-7-9-17-18(15)3/h4-5,7,9-10,16H,6,8,11H2,1-3H3. The average Bonchev–Trinajstić information content (AvgIpc) is 2.73. The van der Waals surface area contributed by atoms with Crippen LogP contribution in [-0.4, -0.2) is 16.3 Å². The van der Waals surface area contributed by atoms with Gasteiger partial charge in [-0.25, -0.2) is 0 Å². The van der Waals surface area contributed by atoms with E-state index in [0.717, 1.165) is 19.5 Å². The highest BCUT2D eigenvalue weighted by atomic mass is 15.3. The van der Waals surface area contributed by atoms with Crippen molar-refractivity contribution in [2.24, 2.45) is 7.05 Å². The summed E-state index contributed by atoms with van der Waals surface area (Å²) in [5.74, 6) is 0. The lowest BCUT2D eigenvalue weighted by Gasteiger charge is -2.08. The molecule has 0 atom stereocenters. The Balaban J connectivity index is 1.80. The molecule has 0 amide bonds. The molecule has 0 unspecified atom stereocenters. The number of benzene rings is 1. The summed E-state index contributed by atoms with van der Waals surface area (Å²) in [4.78, 5) is 0. The van der Waals surface area contributed by atoms with Crippen LogP contribution in [-0.2, 0) is 20.0 Å². The number of aryl methyl sites for hydroxylation is 3. The highest BCUT2D eigenvalue weighted by Crippen LogP contribution is 2.10. The van der Waals surface area contributed by atoms with Gasteiger partial charge in [0.05, 0.1) is 0 Å². The van der Waals surface area contributed by atoms with Crippen molar-refractivity contribution in [2.75, 3.05) is 6.54 Å². The van der Waals surface area contributed by atoms with Crippen molar-refractivity contribution in [2.45, 2.75) is 26.8 Å². The summed E-state index contributed by atoms with van der Waals surface area (Å²) in [5, 5.41) is 7.65. The van der Waals surface area contributed by atoms with E-state index in [2.05, 4.69) is 48.5 Å². The van der Waals surface area contributed by atoms with Gasteiger partial charge in [0, 0.05) is 38.4 Å². The minimum Gasteiger partial charge on any atom is -0.312 e. The van der Waals surface area contributed by atoms with Gasteiger partial charge in [0.15, 0.2) is 0 Å². The highest BCUT2D eigenvalue weighted by molar-refractivity contribution is 5.30. The maximum Gasteiger partial charge on any atom is 0.0492 e. The Morgan fingerprint density at radius 2 is 2.06 bits per heavy atom. The third-order valence-corrected chi connectivity index (χ3v) is 3.29. The quantitative estimate of drug-likeness (QED) is 0.817. The van der Waals surface area contributed by atoms with E-state index in [0.29, 0.717) is 0 Å². The van der Waals surface area contributed by atoms with Crippen LogP contribution in [0.1, 0.15) is 22.4 Å². The first kappa shape index (κ1) is 12.8. The first-order valence-electron chi connectivity index (χ1n) is 6.40. The molecule has 0 aliphatic heterocycles. The van der Waals surface area contributed by atoms with Crippen LogP contribution in [0.3, 0.4) is 0 Å². The Bertz CT molecular complexity index is 514. The Morgan fingerprint density at radius 1 is 1.22 bits per heavy atom. The fourth-order valence-corrected chi connectivity index (χ4v) is 2.13.